The first-order valence-electron chi connectivity index (χ1n) is 5.69. The van der Waals surface area contributed by atoms with Crippen molar-refractivity contribution < 1.29 is 22.7 Å². The Bertz CT molecular complexity index is 377. The normalized spacial score (nSPS) is 11.8. The first-order valence-corrected chi connectivity index (χ1v) is 5.69. The highest BCUT2D eigenvalue weighted by atomic mass is 19.4. The van der Waals surface area contributed by atoms with Gasteiger partial charge in [-0.05, 0) is 12.3 Å². The first kappa shape index (κ1) is 17.2. The van der Waals surface area contributed by atoms with Crippen molar-refractivity contribution in [3.8, 4) is 12.1 Å². The van der Waals surface area contributed by atoms with Gasteiger partial charge in [0.25, 0.3) is 0 Å². The van der Waals surface area contributed by atoms with Crippen LogP contribution in [0, 0.1) is 34.0 Å². The molecule has 0 aliphatic rings. The molecule has 0 saturated carbocycles. The monoisotopic (exact) mass is 276 g/mol. The second-order valence-corrected chi connectivity index (χ2v) is 4.67. The third kappa shape index (κ3) is 7.30. The van der Waals surface area contributed by atoms with Crippen molar-refractivity contribution in [3.63, 3.8) is 0 Å². The van der Waals surface area contributed by atoms with Crippen LogP contribution in [0.25, 0.3) is 0 Å². The SMILES string of the molecule is CC(C)COC(=O)CC(C#N)(C#N)CCC(F)(F)F. The van der Waals surface area contributed by atoms with Gasteiger partial charge in [-0.1, -0.05) is 13.8 Å². The minimum atomic E-state index is -4.47. The number of esters is 1. The summed E-state index contributed by atoms with van der Waals surface area (Å²) in [7, 11) is 0. The van der Waals surface area contributed by atoms with Gasteiger partial charge in [-0.3, -0.25) is 4.79 Å². The zero-order chi connectivity index (χ0) is 15.1. The summed E-state index contributed by atoms with van der Waals surface area (Å²) in [5, 5.41) is 17.7. The van der Waals surface area contributed by atoms with Crippen LogP contribution in [0.4, 0.5) is 13.2 Å². The van der Waals surface area contributed by atoms with Crippen LogP contribution in [0.2, 0.25) is 0 Å². The van der Waals surface area contributed by atoms with E-state index in [1.165, 1.54) is 12.1 Å². The number of hydrogen-bond donors (Lipinski definition) is 0. The lowest BCUT2D eigenvalue weighted by Crippen LogP contribution is -2.25. The second-order valence-electron chi connectivity index (χ2n) is 4.67. The molecule has 0 heterocycles. The maximum Gasteiger partial charge on any atom is 0.389 e. The predicted octanol–water partition coefficient (Wildman–Crippen LogP) is 2.95. The van der Waals surface area contributed by atoms with Gasteiger partial charge < -0.3 is 4.74 Å². The number of carbonyl (C=O) groups excluding carboxylic acids is 1. The highest BCUT2D eigenvalue weighted by molar-refractivity contribution is 5.71. The van der Waals surface area contributed by atoms with Crippen molar-refractivity contribution in [1.29, 1.82) is 10.5 Å². The smallest absolute Gasteiger partial charge is 0.389 e. The van der Waals surface area contributed by atoms with E-state index < -0.39 is 36.8 Å². The van der Waals surface area contributed by atoms with Gasteiger partial charge in [0.15, 0.2) is 5.41 Å². The van der Waals surface area contributed by atoms with Gasteiger partial charge in [-0.25, -0.2) is 0 Å². The Morgan fingerprint density at radius 2 is 1.74 bits per heavy atom. The maximum atomic E-state index is 12.1. The molecular formula is C12H15F3N2O2. The molecular weight excluding hydrogens is 261 g/mol. The van der Waals surface area contributed by atoms with E-state index in [9.17, 15) is 18.0 Å². The highest BCUT2D eigenvalue weighted by Gasteiger charge is 2.39. The second kappa shape index (κ2) is 6.98. The standard InChI is InChI=1S/C12H15F3N2O2/c1-9(2)6-19-10(18)5-11(7-16,8-17)3-4-12(13,14)15/h9H,3-6H2,1-2H3. The molecule has 0 unspecified atom stereocenters. The molecule has 0 saturated heterocycles. The van der Waals surface area contributed by atoms with E-state index in [1.54, 1.807) is 13.8 Å². The van der Waals surface area contributed by atoms with Crippen LogP contribution in [-0.4, -0.2) is 18.8 Å². The lowest BCUT2D eigenvalue weighted by atomic mass is 9.83. The molecule has 0 aromatic carbocycles. The van der Waals surface area contributed by atoms with E-state index in [-0.39, 0.29) is 12.5 Å². The topological polar surface area (TPSA) is 73.9 Å². The maximum absolute atomic E-state index is 12.1. The summed E-state index contributed by atoms with van der Waals surface area (Å²) in [6.07, 6.45) is -7.14. The molecule has 0 spiro atoms. The molecule has 0 aromatic heterocycles. The summed E-state index contributed by atoms with van der Waals surface area (Å²) >= 11 is 0. The first-order chi connectivity index (χ1) is 8.64. The molecule has 0 atom stereocenters. The van der Waals surface area contributed by atoms with E-state index in [4.69, 9.17) is 15.3 Å². The van der Waals surface area contributed by atoms with Crippen molar-refractivity contribution in [3.05, 3.63) is 0 Å². The zero-order valence-electron chi connectivity index (χ0n) is 10.8. The summed E-state index contributed by atoms with van der Waals surface area (Å²) in [4.78, 5) is 11.4. The summed E-state index contributed by atoms with van der Waals surface area (Å²) in [6, 6.07) is 2.99. The van der Waals surface area contributed by atoms with E-state index in [2.05, 4.69) is 0 Å². The number of rotatable bonds is 6. The molecule has 4 nitrogen and oxygen atoms in total. The molecule has 0 aliphatic carbocycles. The molecule has 0 bridgehead atoms. The average molecular weight is 276 g/mol. The van der Waals surface area contributed by atoms with Crippen LogP contribution in [-0.2, 0) is 9.53 Å². The lowest BCUT2D eigenvalue weighted by Gasteiger charge is -2.18. The number of nitrogens with zero attached hydrogens (tertiary/aromatic N) is 2. The fourth-order valence-corrected chi connectivity index (χ4v) is 1.22. The summed E-state index contributed by atoms with van der Waals surface area (Å²) in [5.41, 5.74) is -1.98. The van der Waals surface area contributed by atoms with Crippen molar-refractivity contribution >= 4 is 5.97 Å². The number of halogens is 3. The Morgan fingerprint density at radius 3 is 2.11 bits per heavy atom. The number of ether oxygens (including phenoxy) is 1. The number of carbonyl (C=O) groups is 1. The summed E-state index contributed by atoms with van der Waals surface area (Å²) in [6.45, 7) is 3.68. The molecule has 0 aromatic rings. The molecule has 0 amide bonds. The Labute approximate surface area is 109 Å². The Hall–Kier alpha value is -1.76. The molecule has 0 radical (unpaired) electrons. The van der Waals surface area contributed by atoms with Gasteiger partial charge in [-0.15, -0.1) is 0 Å². The van der Waals surface area contributed by atoms with Crippen LogP contribution in [0.3, 0.4) is 0 Å². The quantitative estimate of drug-likeness (QED) is 0.699. The van der Waals surface area contributed by atoms with Gasteiger partial charge in [0, 0.05) is 6.42 Å². The molecule has 0 N–H and O–H groups in total. The third-order valence-corrected chi connectivity index (χ3v) is 2.29. The Kier molecular flexibility index (Phi) is 6.34. The number of nitriles is 2. The minimum Gasteiger partial charge on any atom is -0.465 e. The molecule has 19 heavy (non-hydrogen) atoms. The molecule has 0 aliphatic heterocycles. The van der Waals surface area contributed by atoms with Crippen molar-refractivity contribution in [2.75, 3.05) is 6.61 Å². The molecule has 106 valence electrons. The van der Waals surface area contributed by atoms with Crippen molar-refractivity contribution in [2.24, 2.45) is 11.3 Å². The van der Waals surface area contributed by atoms with Gasteiger partial charge in [0.05, 0.1) is 25.2 Å². The van der Waals surface area contributed by atoms with Gasteiger partial charge in [0.2, 0.25) is 0 Å². The van der Waals surface area contributed by atoms with E-state index in [0.29, 0.717) is 0 Å². The molecule has 0 fully saturated rings. The Balaban J connectivity index is 4.61. The van der Waals surface area contributed by atoms with E-state index in [1.807, 2.05) is 0 Å². The molecule has 7 heteroatoms. The van der Waals surface area contributed by atoms with Crippen LogP contribution >= 0.6 is 0 Å². The Morgan fingerprint density at radius 1 is 1.21 bits per heavy atom. The largest absolute Gasteiger partial charge is 0.465 e. The number of hydrogen-bond acceptors (Lipinski definition) is 4. The molecule has 0 rings (SSSR count). The predicted molar refractivity (Wildman–Crippen MR) is 59.4 cm³/mol. The fourth-order valence-electron chi connectivity index (χ4n) is 1.22. The van der Waals surface area contributed by atoms with Gasteiger partial charge >= 0.3 is 12.1 Å². The van der Waals surface area contributed by atoms with Crippen LogP contribution in [0.1, 0.15) is 33.1 Å². The van der Waals surface area contributed by atoms with Gasteiger partial charge in [-0.2, -0.15) is 23.7 Å². The van der Waals surface area contributed by atoms with Crippen LogP contribution < -0.4 is 0 Å². The summed E-state index contributed by atoms with van der Waals surface area (Å²) < 4.78 is 41.1. The zero-order valence-corrected chi connectivity index (χ0v) is 10.8. The highest BCUT2D eigenvalue weighted by Crippen LogP contribution is 2.33. The van der Waals surface area contributed by atoms with E-state index >= 15 is 0 Å². The number of alkyl halides is 3. The van der Waals surface area contributed by atoms with Crippen molar-refractivity contribution in [1.82, 2.24) is 0 Å². The lowest BCUT2D eigenvalue weighted by molar-refractivity contribution is -0.149. The average Bonchev–Trinajstić information content (AvgIpc) is 2.31. The van der Waals surface area contributed by atoms with Crippen molar-refractivity contribution in [2.45, 2.75) is 39.3 Å². The van der Waals surface area contributed by atoms with Crippen LogP contribution in [0.15, 0.2) is 0 Å². The fraction of sp³-hybridized carbons (Fsp3) is 0.750. The third-order valence-electron chi connectivity index (χ3n) is 2.29. The van der Waals surface area contributed by atoms with E-state index in [0.717, 1.165) is 0 Å². The van der Waals surface area contributed by atoms with Gasteiger partial charge in [0.1, 0.15) is 0 Å². The minimum absolute atomic E-state index is 0.0673. The summed E-state index contributed by atoms with van der Waals surface area (Å²) in [5.74, 6) is -0.767. The van der Waals surface area contributed by atoms with Crippen LogP contribution in [0.5, 0.6) is 0 Å².